The molecule has 3 N–H and O–H groups in total. The van der Waals surface area contributed by atoms with Crippen LogP contribution in [0.25, 0.3) is 0 Å². The van der Waals surface area contributed by atoms with Crippen molar-refractivity contribution in [3.05, 3.63) is 29.3 Å². The van der Waals surface area contributed by atoms with Gasteiger partial charge in [0.05, 0.1) is 6.61 Å². The lowest BCUT2D eigenvalue weighted by molar-refractivity contribution is 0.275. The average Bonchev–Trinajstić information content (AvgIpc) is 2.71. The van der Waals surface area contributed by atoms with Crippen LogP contribution in [-0.4, -0.2) is 16.8 Å². The van der Waals surface area contributed by atoms with E-state index in [1.807, 2.05) is 12.1 Å². The molecule has 0 radical (unpaired) electrons. The summed E-state index contributed by atoms with van der Waals surface area (Å²) < 4.78 is 0. The van der Waals surface area contributed by atoms with Gasteiger partial charge in [0.1, 0.15) is 5.75 Å². The quantitative estimate of drug-likeness (QED) is 0.663. The molecule has 1 fully saturated rings. The molecule has 1 heterocycles. The van der Waals surface area contributed by atoms with E-state index in [1.165, 1.54) is 0 Å². The maximum Gasteiger partial charge on any atom is 0.125 e. The highest BCUT2D eigenvalue weighted by molar-refractivity contribution is 5.42. The van der Waals surface area contributed by atoms with Crippen LogP contribution in [0.3, 0.4) is 0 Å². The van der Waals surface area contributed by atoms with Crippen molar-refractivity contribution in [2.75, 3.05) is 6.54 Å². The number of hydrogen-bond acceptors (Lipinski definition) is 3. The van der Waals surface area contributed by atoms with Crippen LogP contribution in [0.2, 0.25) is 0 Å². The van der Waals surface area contributed by atoms with E-state index in [4.69, 9.17) is 5.11 Å². The molecule has 1 atom stereocenters. The summed E-state index contributed by atoms with van der Waals surface area (Å²) >= 11 is 0. The van der Waals surface area contributed by atoms with E-state index in [9.17, 15) is 5.11 Å². The molecular formula is C11H15NO2. The molecule has 0 bridgehead atoms. The largest absolute Gasteiger partial charge is 0.507 e. The Kier molecular flexibility index (Phi) is 2.70. The Balaban J connectivity index is 2.32. The van der Waals surface area contributed by atoms with Gasteiger partial charge in [-0.1, -0.05) is 18.2 Å². The summed E-state index contributed by atoms with van der Waals surface area (Å²) in [5.41, 5.74) is 1.52. The summed E-state index contributed by atoms with van der Waals surface area (Å²) in [6, 6.07) is 5.78. The summed E-state index contributed by atoms with van der Waals surface area (Å²) in [7, 11) is 0. The van der Waals surface area contributed by atoms with Crippen molar-refractivity contribution in [1.29, 1.82) is 0 Å². The average molecular weight is 193 g/mol. The normalized spacial score (nSPS) is 21.4. The Morgan fingerprint density at radius 1 is 1.43 bits per heavy atom. The van der Waals surface area contributed by atoms with Gasteiger partial charge in [0.25, 0.3) is 0 Å². The molecule has 3 heteroatoms. The number of benzene rings is 1. The Morgan fingerprint density at radius 3 is 2.93 bits per heavy atom. The standard InChI is InChI=1S/C11H15NO2/c13-7-8-3-1-4-9(11(8)14)10-5-2-6-12-10/h1,3-4,10,12-14H,2,5-7H2. The maximum atomic E-state index is 9.85. The van der Waals surface area contributed by atoms with Crippen molar-refractivity contribution in [3.63, 3.8) is 0 Å². The van der Waals surface area contributed by atoms with E-state index >= 15 is 0 Å². The summed E-state index contributed by atoms with van der Waals surface area (Å²) in [6.45, 7) is 0.903. The lowest BCUT2D eigenvalue weighted by Crippen LogP contribution is -2.13. The number of aliphatic hydroxyl groups is 1. The molecule has 76 valence electrons. The van der Waals surface area contributed by atoms with E-state index in [1.54, 1.807) is 6.07 Å². The molecule has 1 aliphatic heterocycles. The lowest BCUT2D eigenvalue weighted by atomic mass is 10.0. The molecular weight excluding hydrogens is 178 g/mol. The Bertz CT molecular complexity index is 319. The van der Waals surface area contributed by atoms with Crippen molar-refractivity contribution in [3.8, 4) is 5.75 Å². The van der Waals surface area contributed by atoms with Crippen LogP contribution in [0.5, 0.6) is 5.75 Å². The molecule has 2 rings (SSSR count). The van der Waals surface area contributed by atoms with Crippen molar-refractivity contribution >= 4 is 0 Å². The number of rotatable bonds is 2. The van der Waals surface area contributed by atoms with Crippen LogP contribution in [0.1, 0.15) is 30.0 Å². The molecule has 0 aliphatic carbocycles. The highest BCUT2D eigenvalue weighted by Crippen LogP contribution is 2.32. The van der Waals surface area contributed by atoms with E-state index in [2.05, 4.69) is 5.32 Å². The zero-order chi connectivity index (χ0) is 9.97. The minimum atomic E-state index is -0.105. The first-order valence-corrected chi connectivity index (χ1v) is 4.98. The van der Waals surface area contributed by atoms with Gasteiger partial charge in [-0.15, -0.1) is 0 Å². The molecule has 14 heavy (non-hydrogen) atoms. The SMILES string of the molecule is OCc1cccc(C2CCCN2)c1O. The van der Waals surface area contributed by atoms with Gasteiger partial charge in [0, 0.05) is 17.2 Å². The van der Waals surface area contributed by atoms with Crippen LogP contribution in [-0.2, 0) is 6.61 Å². The zero-order valence-electron chi connectivity index (χ0n) is 8.03. The zero-order valence-corrected chi connectivity index (χ0v) is 8.03. The van der Waals surface area contributed by atoms with Crippen molar-refractivity contribution in [1.82, 2.24) is 5.32 Å². The Morgan fingerprint density at radius 2 is 2.29 bits per heavy atom. The first-order chi connectivity index (χ1) is 6.83. The van der Waals surface area contributed by atoms with Crippen LogP contribution in [0.4, 0.5) is 0 Å². The Labute approximate surface area is 83.4 Å². The summed E-state index contributed by atoms with van der Waals surface area (Å²) in [4.78, 5) is 0. The molecule has 1 aliphatic rings. The summed E-state index contributed by atoms with van der Waals surface area (Å²) in [5, 5.41) is 22.2. The second kappa shape index (κ2) is 3.98. The van der Waals surface area contributed by atoms with Gasteiger partial charge in [-0.2, -0.15) is 0 Å². The fraction of sp³-hybridized carbons (Fsp3) is 0.455. The van der Waals surface area contributed by atoms with Crippen molar-refractivity contribution < 1.29 is 10.2 Å². The third kappa shape index (κ3) is 1.61. The molecule has 1 saturated heterocycles. The lowest BCUT2D eigenvalue weighted by Gasteiger charge is -2.14. The van der Waals surface area contributed by atoms with Gasteiger partial charge in [-0.3, -0.25) is 0 Å². The number of aromatic hydroxyl groups is 1. The van der Waals surface area contributed by atoms with Crippen LogP contribution in [0.15, 0.2) is 18.2 Å². The van der Waals surface area contributed by atoms with E-state index in [0.717, 1.165) is 24.9 Å². The topological polar surface area (TPSA) is 52.5 Å². The molecule has 1 aromatic carbocycles. The molecule has 3 nitrogen and oxygen atoms in total. The molecule has 0 saturated carbocycles. The van der Waals surface area contributed by atoms with E-state index < -0.39 is 0 Å². The first kappa shape index (κ1) is 9.49. The fourth-order valence-corrected chi connectivity index (χ4v) is 1.97. The number of aliphatic hydroxyl groups excluding tert-OH is 1. The van der Waals surface area contributed by atoms with Gasteiger partial charge in [0.2, 0.25) is 0 Å². The Hall–Kier alpha value is -1.06. The monoisotopic (exact) mass is 193 g/mol. The minimum absolute atomic E-state index is 0.105. The maximum absolute atomic E-state index is 9.85. The highest BCUT2D eigenvalue weighted by Gasteiger charge is 2.20. The predicted octanol–water partition coefficient (Wildman–Crippen LogP) is 1.31. The van der Waals surface area contributed by atoms with Crippen LogP contribution < -0.4 is 5.32 Å². The summed E-state index contributed by atoms with van der Waals surface area (Å²) in [6.07, 6.45) is 2.20. The third-order valence-corrected chi connectivity index (χ3v) is 2.76. The van der Waals surface area contributed by atoms with Gasteiger partial charge < -0.3 is 15.5 Å². The molecule has 1 aromatic rings. The van der Waals surface area contributed by atoms with Crippen LogP contribution >= 0.6 is 0 Å². The third-order valence-electron chi connectivity index (χ3n) is 2.76. The number of phenols is 1. The molecule has 0 spiro atoms. The second-order valence-corrected chi connectivity index (χ2v) is 3.66. The molecule has 0 aromatic heterocycles. The van der Waals surface area contributed by atoms with Crippen LogP contribution in [0, 0.1) is 0 Å². The molecule has 1 unspecified atom stereocenters. The van der Waals surface area contributed by atoms with Gasteiger partial charge in [-0.05, 0) is 19.4 Å². The second-order valence-electron chi connectivity index (χ2n) is 3.66. The van der Waals surface area contributed by atoms with Gasteiger partial charge >= 0.3 is 0 Å². The smallest absolute Gasteiger partial charge is 0.125 e. The van der Waals surface area contributed by atoms with E-state index in [0.29, 0.717) is 5.56 Å². The molecule has 0 amide bonds. The number of para-hydroxylation sites is 1. The number of hydrogen-bond donors (Lipinski definition) is 3. The highest BCUT2D eigenvalue weighted by atomic mass is 16.3. The fourth-order valence-electron chi connectivity index (χ4n) is 1.97. The number of nitrogens with one attached hydrogen (secondary N) is 1. The summed E-state index contributed by atoms with van der Waals surface area (Å²) in [5.74, 6) is 0.245. The van der Waals surface area contributed by atoms with Crippen molar-refractivity contribution in [2.45, 2.75) is 25.5 Å². The minimum Gasteiger partial charge on any atom is -0.507 e. The van der Waals surface area contributed by atoms with Crippen molar-refractivity contribution in [2.24, 2.45) is 0 Å². The van der Waals surface area contributed by atoms with Gasteiger partial charge in [0.15, 0.2) is 0 Å². The predicted molar refractivity (Wildman–Crippen MR) is 54.0 cm³/mol. The first-order valence-electron chi connectivity index (χ1n) is 4.98. The van der Waals surface area contributed by atoms with E-state index in [-0.39, 0.29) is 18.4 Å². The van der Waals surface area contributed by atoms with Gasteiger partial charge in [-0.25, -0.2) is 0 Å².